The minimum Gasteiger partial charge on any atom is -0.489 e. The lowest BCUT2D eigenvalue weighted by Crippen LogP contribution is -2.23. The number of hydrogen-bond donors (Lipinski definition) is 2. The molecule has 0 atom stereocenters. The van der Waals surface area contributed by atoms with Crippen molar-refractivity contribution in [3.05, 3.63) is 82.2 Å². The van der Waals surface area contributed by atoms with E-state index in [2.05, 4.69) is 25.3 Å². The van der Waals surface area contributed by atoms with E-state index in [1.54, 1.807) is 72.8 Å². The van der Waals surface area contributed by atoms with Crippen LogP contribution in [0.5, 0.6) is 11.5 Å². The van der Waals surface area contributed by atoms with E-state index < -0.39 is 11.9 Å². The minimum absolute atomic E-state index is 0.0157. The molecule has 208 valence electrons. The molecule has 0 aliphatic heterocycles. The predicted octanol–water partition coefficient (Wildman–Crippen LogP) is 3.13. The van der Waals surface area contributed by atoms with Crippen molar-refractivity contribution in [3.8, 4) is 35.8 Å². The highest BCUT2D eigenvalue weighted by molar-refractivity contribution is 7.80. The number of hydrogen-bond acceptors (Lipinski definition) is 12. The Kier molecular flexibility index (Phi) is 11.4. The third kappa shape index (κ3) is 7.84. The van der Waals surface area contributed by atoms with Crippen LogP contribution >= 0.6 is 25.3 Å². The third-order valence-electron chi connectivity index (χ3n) is 5.46. The number of rotatable bonds is 10. The van der Waals surface area contributed by atoms with Crippen molar-refractivity contribution in [2.75, 3.05) is 26.4 Å². The zero-order valence-corrected chi connectivity index (χ0v) is 23.5. The van der Waals surface area contributed by atoms with Crippen molar-refractivity contribution < 1.29 is 28.5 Å². The second-order valence-corrected chi connectivity index (χ2v) is 9.01. The van der Waals surface area contributed by atoms with E-state index in [4.69, 9.17) is 18.9 Å². The molecular formula is C30H20N4O6S2. The van der Waals surface area contributed by atoms with Gasteiger partial charge in [0.1, 0.15) is 73.3 Å². The smallest absolute Gasteiger partial charge is 0.339 e. The summed E-state index contributed by atoms with van der Waals surface area (Å²) in [6, 6.07) is 22.8. The zero-order valence-electron chi connectivity index (χ0n) is 21.7. The van der Waals surface area contributed by atoms with Gasteiger partial charge >= 0.3 is 11.9 Å². The Hall–Kier alpha value is -5.40. The summed E-state index contributed by atoms with van der Waals surface area (Å²) in [5.41, 5.74) is -0.153. The van der Waals surface area contributed by atoms with Crippen molar-refractivity contribution in [2.45, 2.75) is 9.79 Å². The summed E-state index contributed by atoms with van der Waals surface area (Å²) >= 11 is 8.45. The average molecular weight is 597 g/mol. The van der Waals surface area contributed by atoms with Crippen molar-refractivity contribution in [2.24, 2.45) is 0 Å². The molecule has 42 heavy (non-hydrogen) atoms. The van der Waals surface area contributed by atoms with Gasteiger partial charge in [0.25, 0.3) is 0 Å². The number of carbonyl (C=O) groups is 2. The van der Waals surface area contributed by atoms with Gasteiger partial charge in [-0.05, 0) is 36.4 Å². The van der Waals surface area contributed by atoms with Gasteiger partial charge in [0.05, 0.1) is 11.1 Å². The van der Waals surface area contributed by atoms with Crippen LogP contribution in [0.3, 0.4) is 0 Å². The maximum atomic E-state index is 12.3. The van der Waals surface area contributed by atoms with E-state index in [9.17, 15) is 30.6 Å². The van der Waals surface area contributed by atoms with Crippen molar-refractivity contribution >= 4 is 48.3 Å². The molecule has 0 aliphatic carbocycles. The molecule has 0 aromatic heterocycles. The first-order valence-corrected chi connectivity index (χ1v) is 12.9. The zero-order chi connectivity index (χ0) is 30.5. The lowest BCUT2D eigenvalue weighted by atomic mass is 10.1. The average Bonchev–Trinajstić information content (AvgIpc) is 3.00. The fourth-order valence-corrected chi connectivity index (χ4v) is 4.00. The lowest BCUT2D eigenvalue weighted by molar-refractivity contribution is 0.0436. The summed E-state index contributed by atoms with van der Waals surface area (Å²) in [5, 5.41) is 38.1. The van der Waals surface area contributed by atoms with Crippen LogP contribution in [-0.4, -0.2) is 38.4 Å². The quantitative estimate of drug-likeness (QED) is 0.202. The number of benzene rings is 3. The summed E-state index contributed by atoms with van der Waals surface area (Å²) in [5.74, 6) is -1.31. The molecule has 0 fully saturated rings. The van der Waals surface area contributed by atoms with Crippen molar-refractivity contribution in [3.63, 3.8) is 0 Å². The molecule has 10 nitrogen and oxygen atoms in total. The van der Waals surface area contributed by atoms with Crippen LogP contribution < -0.4 is 19.9 Å². The van der Waals surface area contributed by atoms with Gasteiger partial charge in [0.2, 0.25) is 0 Å². The molecule has 0 saturated heterocycles. The van der Waals surface area contributed by atoms with Gasteiger partial charge < -0.3 is 18.9 Å². The van der Waals surface area contributed by atoms with Gasteiger partial charge in [-0.15, -0.1) is 25.3 Å². The summed E-state index contributed by atoms with van der Waals surface area (Å²) in [6.07, 6.45) is 0. The second-order valence-electron chi connectivity index (χ2n) is 8.04. The third-order valence-corrected chi connectivity index (χ3v) is 6.24. The second kappa shape index (κ2) is 15.4. The lowest BCUT2D eigenvalue weighted by Gasteiger charge is -2.13. The molecule has 0 heterocycles. The van der Waals surface area contributed by atoms with Crippen molar-refractivity contribution in [1.29, 1.82) is 21.0 Å². The summed E-state index contributed by atoms with van der Waals surface area (Å²) in [4.78, 5) is 25.5. The van der Waals surface area contributed by atoms with Gasteiger partial charge in [0, 0.05) is 20.2 Å². The van der Waals surface area contributed by atoms with Gasteiger partial charge in [-0.1, -0.05) is 24.3 Å². The highest BCUT2D eigenvalue weighted by atomic mass is 32.1. The van der Waals surface area contributed by atoms with E-state index in [1.165, 1.54) is 12.1 Å². The fraction of sp³-hybridized carbons (Fsp3) is 0.133. The van der Waals surface area contributed by atoms with Crippen molar-refractivity contribution in [1.82, 2.24) is 0 Å². The molecule has 0 N–H and O–H groups in total. The fourth-order valence-electron chi connectivity index (χ4n) is 3.50. The van der Waals surface area contributed by atoms with Crippen LogP contribution in [0.2, 0.25) is 0 Å². The number of esters is 2. The first-order valence-electron chi connectivity index (χ1n) is 12.0. The van der Waals surface area contributed by atoms with E-state index in [0.29, 0.717) is 9.79 Å². The summed E-state index contributed by atoms with van der Waals surface area (Å²) < 4.78 is 21.9. The molecule has 3 aromatic rings. The van der Waals surface area contributed by atoms with Crippen LogP contribution in [0.15, 0.2) is 70.5 Å². The molecular weight excluding hydrogens is 576 g/mol. The topological polar surface area (TPSA) is 166 Å². The number of carbonyl (C=O) groups excluding carboxylic acids is 2. The van der Waals surface area contributed by atoms with Crippen LogP contribution in [0.25, 0.3) is 11.1 Å². The molecule has 0 spiro atoms. The molecule has 0 saturated carbocycles. The highest BCUT2D eigenvalue weighted by Gasteiger charge is 2.14. The Morgan fingerprint density at radius 3 is 1.29 bits per heavy atom. The normalized spacial score (nSPS) is 9.67. The Labute approximate surface area is 251 Å². The Bertz CT molecular complexity index is 1650. The largest absolute Gasteiger partial charge is 0.489 e. The molecule has 12 heteroatoms. The highest BCUT2D eigenvalue weighted by Crippen LogP contribution is 2.16. The number of nitrogens with zero attached hydrogens (tertiary/aromatic N) is 4. The Balaban J connectivity index is 1.84. The first kappa shape index (κ1) is 31.1. The summed E-state index contributed by atoms with van der Waals surface area (Å²) in [6.45, 7) is -0.769. The summed E-state index contributed by atoms with van der Waals surface area (Å²) in [7, 11) is 0. The van der Waals surface area contributed by atoms with E-state index in [1.807, 2.05) is 0 Å². The molecule has 0 amide bonds. The Morgan fingerprint density at radius 2 is 0.952 bits per heavy atom. The van der Waals surface area contributed by atoms with Gasteiger partial charge in [-0.3, -0.25) is 0 Å². The maximum absolute atomic E-state index is 12.3. The molecule has 0 bridgehead atoms. The van der Waals surface area contributed by atoms with Crippen LogP contribution in [0.4, 0.5) is 0 Å². The van der Waals surface area contributed by atoms with E-state index in [-0.39, 0.29) is 70.6 Å². The molecule has 3 rings (SSSR count). The van der Waals surface area contributed by atoms with Gasteiger partial charge in [0.15, 0.2) is 0 Å². The Morgan fingerprint density at radius 1 is 0.595 bits per heavy atom. The molecule has 0 unspecified atom stereocenters. The maximum Gasteiger partial charge on any atom is 0.339 e. The van der Waals surface area contributed by atoms with E-state index in [0.717, 1.165) is 0 Å². The van der Waals surface area contributed by atoms with Gasteiger partial charge in [-0.2, -0.15) is 21.0 Å². The monoisotopic (exact) mass is 596 g/mol. The van der Waals surface area contributed by atoms with Crippen LogP contribution in [-0.2, 0) is 9.47 Å². The molecule has 3 aromatic carbocycles. The molecule has 0 aliphatic rings. The molecule has 0 radical (unpaired) electrons. The minimum atomic E-state index is -0.627. The van der Waals surface area contributed by atoms with Gasteiger partial charge in [-0.25, -0.2) is 9.59 Å². The number of thiol groups is 2. The van der Waals surface area contributed by atoms with Crippen LogP contribution in [0, 0.1) is 45.3 Å². The number of nitriles is 4. The van der Waals surface area contributed by atoms with E-state index >= 15 is 0 Å². The van der Waals surface area contributed by atoms with Crippen LogP contribution in [0.1, 0.15) is 20.7 Å². The first-order chi connectivity index (χ1) is 20.3. The standard InChI is InChI=1S/C30H20N4O6S2/c31-15-19(16-32)23-14-26(38-10-12-40-30(36)22-6-2-4-8-28(22)42)24(20(17-33)18-34)13-25(23)37-9-11-39-29(35)21-5-1-3-7-27(21)41/h1-8,13-14,41-42H,9-12H2. The number of ether oxygens (including phenoxy) is 4. The predicted molar refractivity (Wildman–Crippen MR) is 154 cm³/mol. The SMILES string of the molecule is N#CC(C#N)=c1cc(OCCOC(=O)c2ccccc2S)c(=C(C#N)C#N)cc1OCCOC(=O)c1ccccc1S.